The van der Waals surface area contributed by atoms with Gasteiger partial charge in [-0.25, -0.2) is 0 Å². The molecule has 1 atom stereocenters. The lowest BCUT2D eigenvalue weighted by Crippen LogP contribution is -2.23. The van der Waals surface area contributed by atoms with Crippen molar-refractivity contribution < 1.29 is 4.42 Å². The first kappa shape index (κ1) is 11.9. The summed E-state index contributed by atoms with van der Waals surface area (Å²) < 4.78 is 5.62. The van der Waals surface area contributed by atoms with Gasteiger partial charge in [0.05, 0.1) is 12.3 Å². The Morgan fingerprint density at radius 1 is 1.18 bits per heavy atom. The maximum atomic E-state index is 5.62. The summed E-state index contributed by atoms with van der Waals surface area (Å²) in [5.41, 5.74) is 2.45. The predicted molar refractivity (Wildman–Crippen MR) is 70.0 cm³/mol. The molecule has 0 radical (unpaired) electrons. The molecular weight excluding hydrogens is 210 g/mol. The van der Waals surface area contributed by atoms with E-state index in [0.717, 1.165) is 18.7 Å². The molecule has 2 nitrogen and oxygen atoms in total. The van der Waals surface area contributed by atoms with E-state index in [1.54, 1.807) is 6.26 Å². The minimum Gasteiger partial charge on any atom is -0.467 e. The number of furan rings is 1. The molecule has 1 aromatic heterocycles. The largest absolute Gasteiger partial charge is 0.467 e. The normalized spacial score (nSPS) is 12.6. The maximum absolute atomic E-state index is 5.62. The monoisotopic (exact) mass is 229 g/mol. The highest BCUT2D eigenvalue weighted by molar-refractivity contribution is 5.30. The fourth-order valence-corrected chi connectivity index (χ4v) is 1.98. The van der Waals surface area contributed by atoms with Gasteiger partial charge in [-0.3, -0.25) is 0 Å². The molecule has 90 valence electrons. The third kappa shape index (κ3) is 2.77. The van der Waals surface area contributed by atoms with Crippen molar-refractivity contribution in [3.05, 3.63) is 59.5 Å². The summed E-state index contributed by atoms with van der Waals surface area (Å²) in [5.74, 6) is 1.02. The van der Waals surface area contributed by atoms with Gasteiger partial charge in [0.15, 0.2) is 0 Å². The molecule has 17 heavy (non-hydrogen) atoms. The van der Waals surface area contributed by atoms with Crippen molar-refractivity contribution >= 4 is 0 Å². The summed E-state index contributed by atoms with van der Waals surface area (Å²) in [5, 5.41) is 3.54. The van der Waals surface area contributed by atoms with E-state index >= 15 is 0 Å². The van der Waals surface area contributed by atoms with Gasteiger partial charge < -0.3 is 9.73 Å². The van der Waals surface area contributed by atoms with Gasteiger partial charge in [0, 0.05) is 0 Å². The maximum Gasteiger partial charge on any atom is 0.128 e. The fraction of sp³-hybridized carbons (Fsp3) is 0.333. The quantitative estimate of drug-likeness (QED) is 0.846. The van der Waals surface area contributed by atoms with Crippen LogP contribution in [-0.2, 0) is 0 Å². The first-order valence-electron chi connectivity index (χ1n) is 6.15. The summed E-state index contributed by atoms with van der Waals surface area (Å²) in [4.78, 5) is 0. The number of hydrogen-bond acceptors (Lipinski definition) is 2. The van der Waals surface area contributed by atoms with E-state index in [2.05, 4.69) is 43.4 Å². The molecule has 2 aromatic rings. The Morgan fingerprint density at radius 3 is 2.53 bits per heavy atom. The molecule has 0 saturated carbocycles. The topological polar surface area (TPSA) is 25.2 Å². The molecule has 1 N–H and O–H groups in total. The Kier molecular flexibility index (Phi) is 3.99. The highest BCUT2D eigenvalue weighted by Crippen LogP contribution is 2.25. The minimum atomic E-state index is 0.158. The van der Waals surface area contributed by atoms with E-state index in [0.29, 0.717) is 0 Å². The average Bonchev–Trinajstić information content (AvgIpc) is 2.78. The summed E-state index contributed by atoms with van der Waals surface area (Å²) in [6.07, 6.45) is 2.87. The highest BCUT2D eigenvalue weighted by atomic mass is 16.3. The number of hydrogen-bond donors (Lipinski definition) is 1. The lowest BCUT2D eigenvalue weighted by atomic mass is 10.0. The molecule has 0 aliphatic heterocycles. The Bertz CT molecular complexity index is 447. The molecule has 1 heterocycles. The summed E-state index contributed by atoms with van der Waals surface area (Å²) >= 11 is 0. The van der Waals surface area contributed by atoms with Crippen LogP contribution in [0.1, 0.15) is 36.3 Å². The lowest BCUT2D eigenvalue weighted by Gasteiger charge is -2.17. The molecule has 0 saturated heterocycles. The van der Waals surface area contributed by atoms with Gasteiger partial charge in [-0.05, 0) is 37.1 Å². The first-order valence-corrected chi connectivity index (χ1v) is 6.15. The Labute approximate surface area is 103 Å². The van der Waals surface area contributed by atoms with Gasteiger partial charge >= 0.3 is 0 Å². The van der Waals surface area contributed by atoms with Crippen molar-refractivity contribution in [3.63, 3.8) is 0 Å². The summed E-state index contributed by atoms with van der Waals surface area (Å²) in [6.45, 7) is 5.24. The summed E-state index contributed by atoms with van der Waals surface area (Å²) in [6, 6.07) is 12.6. The van der Waals surface area contributed by atoms with Gasteiger partial charge in [0.2, 0.25) is 0 Å². The SMILES string of the molecule is CCCNC(c1ccccc1)c1occc1C. The van der Waals surface area contributed by atoms with Crippen molar-refractivity contribution in [3.8, 4) is 0 Å². The molecule has 0 aliphatic carbocycles. The molecule has 0 aliphatic rings. The number of aryl methyl sites for hydroxylation is 1. The van der Waals surface area contributed by atoms with Gasteiger partial charge in [-0.15, -0.1) is 0 Å². The van der Waals surface area contributed by atoms with Crippen molar-refractivity contribution in [2.75, 3.05) is 6.54 Å². The van der Waals surface area contributed by atoms with E-state index < -0.39 is 0 Å². The zero-order valence-corrected chi connectivity index (χ0v) is 10.4. The second-order valence-corrected chi connectivity index (χ2v) is 4.27. The van der Waals surface area contributed by atoms with Gasteiger partial charge in [-0.1, -0.05) is 37.3 Å². The van der Waals surface area contributed by atoms with Crippen LogP contribution in [0.4, 0.5) is 0 Å². The summed E-state index contributed by atoms with van der Waals surface area (Å²) in [7, 11) is 0. The third-order valence-corrected chi connectivity index (χ3v) is 2.90. The third-order valence-electron chi connectivity index (χ3n) is 2.90. The van der Waals surface area contributed by atoms with Crippen LogP contribution < -0.4 is 5.32 Å². The smallest absolute Gasteiger partial charge is 0.128 e. The molecule has 0 spiro atoms. The number of rotatable bonds is 5. The molecule has 2 heteroatoms. The predicted octanol–water partition coefficient (Wildman–Crippen LogP) is 3.68. The molecular formula is C15H19NO. The van der Waals surface area contributed by atoms with E-state index in [-0.39, 0.29) is 6.04 Å². The Morgan fingerprint density at radius 2 is 1.94 bits per heavy atom. The van der Waals surface area contributed by atoms with Crippen LogP contribution in [0.3, 0.4) is 0 Å². The highest BCUT2D eigenvalue weighted by Gasteiger charge is 2.17. The zero-order chi connectivity index (χ0) is 12.1. The van der Waals surface area contributed by atoms with E-state index in [1.165, 1.54) is 11.1 Å². The fourth-order valence-electron chi connectivity index (χ4n) is 1.98. The lowest BCUT2D eigenvalue weighted by molar-refractivity contribution is 0.444. The zero-order valence-electron chi connectivity index (χ0n) is 10.4. The van der Waals surface area contributed by atoms with Crippen LogP contribution in [0.5, 0.6) is 0 Å². The Balaban J connectivity index is 2.29. The van der Waals surface area contributed by atoms with Gasteiger partial charge in [0.1, 0.15) is 5.76 Å². The molecule has 1 unspecified atom stereocenters. The first-order chi connectivity index (χ1) is 8.33. The van der Waals surface area contributed by atoms with Crippen molar-refractivity contribution in [1.29, 1.82) is 0 Å². The Hall–Kier alpha value is -1.54. The minimum absolute atomic E-state index is 0.158. The van der Waals surface area contributed by atoms with E-state index in [9.17, 15) is 0 Å². The van der Waals surface area contributed by atoms with Crippen LogP contribution in [0.2, 0.25) is 0 Å². The van der Waals surface area contributed by atoms with Crippen molar-refractivity contribution in [2.45, 2.75) is 26.3 Å². The molecule has 1 aromatic carbocycles. The molecule has 0 fully saturated rings. The molecule has 0 amide bonds. The molecule has 0 bridgehead atoms. The van der Waals surface area contributed by atoms with Crippen LogP contribution >= 0.6 is 0 Å². The van der Waals surface area contributed by atoms with Crippen LogP contribution in [0.25, 0.3) is 0 Å². The second-order valence-electron chi connectivity index (χ2n) is 4.27. The average molecular weight is 229 g/mol. The van der Waals surface area contributed by atoms with E-state index in [4.69, 9.17) is 4.42 Å². The number of benzene rings is 1. The van der Waals surface area contributed by atoms with Crippen molar-refractivity contribution in [1.82, 2.24) is 5.32 Å². The van der Waals surface area contributed by atoms with Crippen LogP contribution in [-0.4, -0.2) is 6.54 Å². The van der Waals surface area contributed by atoms with Crippen molar-refractivity contribution in [2.24, 2.45) is 0 Å². The van der Waals surface area contributed by atoms with Gasteiger partial charge in [0.25, 0.3) is 0 Å². The molecule has 2 rings (SSSR count). The van der Waals surface area contributed by atoms with Gasteiger partial charge in [-0.2, -0.15) is 0 Å². The van der Waals surface area contributed by atoms with Crippen LogP contribution in [0.15, 0.2) is 47.1 Å². The standard InChI is InChI=1S/C15H19NO/c1-3-10-16-14(13-7-5-4-6-8-13)15-12(2)9-11-17-15/h4-9,11,14,16H,3,10H2,1-2H3. The van der Waals surface area contributed by atoms with E-state index in [1.807, 2.05) is 12.1 Å². The van der Waals surface area contributed by atoms with Crippen LogP contribution in [0, 0.1) is 6.92 Å². The number of nitrogens with one attached hydrogen (secondary N) is 1. The second kappa shape index (κ2) is 5.69.